The molecule has 2 heterocycles. The lowest BCUT2D eigenvalue weighted by molar-refractivity contribution is -0.144. The fraction of sp³-hybridized carbons (Fsp3) is 0.312. The highest BCUT2D eigenvalue weighted by molar-refractivity contribution is 6.02. The summed E-state index contributed by atoms with van der Waals surface area (Å²) in [5, 5.41) is 21.3. The number of benzene rings is 3. The van der Waals surface area contributed by atoms with Crippen molar-refractivity contribution < 1.29 is 33.8 Å². The molecule has 3 amide bonds. The van der Waals surface area contributed by atoms with E-state index in [1.807, 2.05) is 42.5 Å². The number of nitrogens with one attached hydrogen (secondary N) is 4. The summed E-state index contributed by atoms with van der Waals surface area (Å²) in [5.74, 6) is -2.68. The molecule has 11 nitrogen and oxygen atoms in total. The Bertz CT molecular complexity index is 1440. The zero-order chi connectivity index (χ0) is 30.2. The van der Waals surface area contributed by atoms with E-state index < -0.39 is 36.0 Å². The van der Waals surface area contributed by atoms with E-state index in [4.69, 9.17) is 9.47 Å². The van der Waals surface area contributed by atoms with Gasteiger partial charge in [-0.15, -0.1) is 0 Å². The number of amides is 3. The van der Waals surface area contributed by atoms with Crippen molar-refractivity contribution in [1.82, 2.24) is 10.6 Å². The molecule has 0 bridgehead atoms. The van der Waals surface area contributed by atoms with Crippen molar-refractivity contribution in [3.8, 4) is 11.1 Å². The molecule has 2 aliphatic rings. The lowest BCUT2D eigenvalue weighted by Gasteiger charge is -2.22. The molecular formula is C32H34N4O7. The van der Waals surface area contributed by atoms with Crippen LogP contribution >= 0.6 is 0 Å². The highest BCUT2D eigenvalue weighted by atomic mass is 16.7. The number of carbonyl (C=O) groups excluding carboxylic acids is 3. The van der Waals surface area contributed by atoms with Crippen LogP contribution in [0.3, 0.4) is 0 Å². The van der Waals surface area contributed by atoms with Gasteiger partial charge >= 0.3 is 5.97 Å². The molecule has 2 fully saturated rings. The number of aliphatic carboxylic acids is 1. The van der Waals surface area contributed by atoms with Crippen LogP contribution in [-0.2, 0) is 35.1 Å². The summed E-state index contributed by atoms with van der Waals surface area (Å²) >= 11 is 0. The Balaban J connectivity index is 1.19. The van der Waals surface area contributed by atoms with Gasteiger partial charge in [0.1, 0.15) is 12.8 Å². The fourth-order valence-electron chi connectivity index (χ4n) is 5.19. The third kappa shape index (κ3) is 7.63. The number of ether oxygens (including phenoxy) is 2. The van der Waals surface area contributed by atoms with Gasteiger partial charge in [0, 0.05) is 29.3 Å². The molecule has 3 aromatic carbocycles. The molecule has 43 heavy (non-hydrogen) atoms. The first kappa shape index (κ1) is 29.9. The van der Waals surface area contributed by atoms with Gasteiger partial charge in [0.2, 0.25) is 5.91 Å². The molecule has 224 valence electrons. The van der Waals surface area contributed by atoms with Gasteiger partial charge in [-0.05, 0) is 55.3 Å². The number of carbonyl (C=O) groups is 4. The van der Waals surface area contributed by atoms with Gasteiger partial charge in [-0.25, -0.2) is 4.79 Å². The van der Waals surface area contributed by atoms with Crippen molar-refractivity contribution >= 4 is 35.1 Å². The summed E-state index contributed by atoms with van der Waals surface area (Å²) in [7, 11) is 0. The van der Waals surface area contributed by atoms with Crippen LogP contribution in [0.25, 0.3) is 11.1 Å². The Morgan fingerprint density at radius 3 is 2.14 bits per heavy atom. The minimum Gasteiger partial charge on any atom is -0.480 e. The number of para-hydroxylation sites is 1. The van der Waals surface area contributed by atoms with E-state index in [2.05, 4.69) is 21.3 Å². The highest BCUT2D eigenvalue weighted by Gasteiger charge is 2.42. The maximum absolute atomic E-state index is 13.2. The van der Waals surface area contributed by atoms with Gasteiger partial charge in [0.25, 0.3) is 11.8 Å². The maximum Gasteiger partial charge on any atom is 0.326 e. The zero-order valence-corrected chi connectivity index (χ0v) is 23.5. The summed E-state index contributed by atoms with van der Waals surface area (Å²) in [5.41, 5.74) is 3.48. The van der Waals surface area contributed by atoms with Crippen molar-refractivity contribution in [1.29, 1.82) is 0 Å². The van der Waals surface area contributed by atoms with Gasteiger partial charge in [-0.1, -0.05) is 60.7 Å². The largest absolute Gasteiger partial charge is 0.480 e. The number of piperidine rings is 1. The Kier molecular flexibility index (Phi) is 9.77. The van der Waals surface area contributed by atoms with Crippen molar-refractivity contribution in [2.24, 2.45) is 5.92 Å². The Labute approximate surface area is 249 Å². The molecule has 5 rings (SSSR count). The average molecular weight is 587 g/mol. The lowest BCUT2D eigenvalue weighted by atomic mass is 9.97. The first-order chi connectivity index (χ1) is 20.9. The van der Waals surface area contributed by atoms with Gasteiger partial charge < -0.3 is 35.8 Å². The van der Waals surface area contributed by atoms with Gasteiger partial charge in [-0.3, -0.25) is 14.4 Å². The molecule has 3 atom stereocenters. The predicted molar refractivity (Wildman–Crippen MR) is 159 cm³/mol. The van der Waals surface area contributed by atoms with Crippen molar-refractivity contribution in [3.63, 3.8) is 0 Å². The number of anilines is 2. The van der Waals surface area contributed by atoms with E-state index >= 15 is 0 Å². The number of hydrogen-bond acceptors (Lipinski definition) is 7. The third-order valence-corrected chi connectivity index (χ3v) is 7.54. The Hall–Kier alpha value is -4.58. The molecule has 0 radical (unpaired) electrons. The third-order valence-electron chi connectivity index (χ3n) is 7.54. The molecular weight excluding hydrogens is 552 g/mol. The van der Waals surface area contributed by atoms with Crippen LogP contribution in [0.1, 0.15) is 18.4 Å². The van der Waals surface area contributed by atoms with Crippen LogP contribution < -0.4 is 21.3 Å². The van der Waals surface area contributed by atoms with Gasteiger partial charge in [0.05, 0.1) is 0 Å². The van der Waals surface area contributed by atoms with E-state index in [0.29, 0.717) is 16.9 Å². The van der Waals surface area contributed by atoms with Crippen LogP contribution in [0.4, 0.5) is 11.4 Å². The molecule has 0 spiro atoms. The molecule has 0 aromatic heterocycles. The second-order valence-corrected chi connectivity index (χ2v) is 10.5. The van der Waals surface area contributed by atoms with Gasteiger partial charge in [0.15, 0.2) is 12.2 Å². The van der Waals surface area contributed by atoms with E-state index in [1.165, 1.54) is 0 Å². The van der Waals surface area contributed by atoms with Crippen LogP contribution in [0.15, 0.2) is 78.9 Å². The molecule has 0 aliphatic carbocycles. The van der Waals surface area contributed by atoms with Crippen molar-refractivity contribution in [2.45, 2.75) is 37.5 Å². The fourth-order valence-corrected chi connectivity index (χ4v) is 5.19. The van der Waals surface area contributed by atoms with Gasteiger partial charge in [-0.2, -0.15) is 0 Å². The first-order valence-electron chi connectivity index (χ1n) is 14.2. The predicted octanol–water partition coefficient (Wildman–Crippen LogP) is 2.78. The monoisotopic (exact) mass is 586 g/mol. The Morgan fingerprint density at radius 2 is 1.44 bits per heavy atom. The molecule has 0 saturated carbocycles. The standard InChI is InChI=1S/C32H34N4O7/c37-29(22-14-16-33-17-15-22)34-23-12-10-20(11-13-23)18-26(32(40)41)36-31(39)28-27(42-19-43-28)30(38)35-25-9-5-4-8-24(25)21-6-2-1-3-7-21/h1-13,22,26-28,33H,14-19H2,(H,34,37)(H,35,38)(H,36,39)(H,40,41). The molecule has 2 aliphatic heterocycles. The van der Waals surface area contributed by atoms with E-state index in [9.17, 15) is 24.3 Å². The van der Waals surface area contributed by atoms with Crippen LogP contribution in [0, 0.1) is 5.92 Å². The zero-order valence-electron chi connectivity index (χ0n) is 23.5. The molecule has 3 unspecified atom stereocenters. The second-order valence-electron chi connectivity index (χ2n) is 10.5. The summed E-state index contributed by atoms with van der Waals surface area (Å²) < 4.78 is 10.8. The second kappa shape index (κ2) is 14.1. The lowest BCUT2D eigenvalue weighted by Crippen LogP contribution is -2.51. The summed E-state index contributed by atoms with van der Waals surface area (Å²) in [6, 6.07) is 22.3. The first-order valence-corrected chi connectivity index (χ1v) is 14.2. The van der Waals surface area contributed by atoms with Crippen LogP contribution in [0.2, 0.25) is 0 Å². The number of carboxylic acids is 1. The van der Waals surface area contributed by atoms with Crippen molar-refractivity contribution in [2.75, 3.05) is 30.5 Å². The summed E-state index contributed by atoms with van der Waals surface area (Å²) in [6.07, 6.45) is -1.07. The Morgan fingerprint density at radius 1 is 0.791 bits per heavy atom. The number of rotatable bonds is 10. The quantitative estimate of drug-likeness (QED) is 0.243. The number of carboxylic acid groups (broad SMARTS) is 1. The molecule has 5 N–H and O–H groups in total. The molecule has 11 heteroatoms. The minimum absolute atomic E-state index is 0.0154. The van der Waals surface area contributed by atoms with E-state index in [-0.39, 0.29) is 25.0 Å². The average Bonchev–Trinajstić information content (AvgIpc) is 3.53. The van der Waals surface area contributed by atoms with Crippen LogP contribution in [-0.4, -0.2) is 66.9 Å². The normalized spacial score (nSPS) is 19.3. The van der Waals surface area contributed by atoms with Crippen LogP contribution in [0.5, 0.6) is 0 Å². The minimum atomic E-state index is -1.33. The summed E-state index contributed by atoms with van der Waals surface area (Å²) in [6.45, 7) is 1.33. The number of hydrogen-bond donors (Lipinski definition) is 5. The topological polar surface area (TPSA) is 155 Å². The smallest absolute Gasteiger partial charge is 0.326 e. The summed E-state index contributed by atoms with van der Waals surface area (Å²) in [4.78, 5) is 50.9. The van der Waals surface area contributed by atoms with E-state index in [0.717, 1.165) is 37.1 Å². The SMILES string of the molecule is O=C(Nc1ccc(CC(NC(=O)C2OCOC2C(=O)Nc2ccccc2-c2ccccc2)C(=O)O)cc1)C1CCNCC1. The van der Waals surface area contributed by atoms with Crippen molar-refractivity contribution in [3.05, 3.63) is 84.4 Å². The molecule has 3 aromatic rings. The molecule has 2 saturated heterocycles. The highest BCUT2D eigenvalue weighted by Crippen LogP contribution is 2.28. The maximum atomic E-state index is 13.2. The van der Waals surface area contributed by atoms with E-state index in [1.54, 1.807) is 36.4 Å².